The summed E-state index contributed by atoms with van der Waals surface area (Å²) in [5, 5.41) is 6.80. The second-order valence-electron chi connectivity index (χ2n) is 5.97. The molecule has 0 bridgehead atoms. The minimum Gasteiger partial charge on any atom is -0.321 e. The molecule has 3 aromatic rings. The molecule has 0 fully saturated rings. The highest BCUT2D eigenvalue weighted by Gasteiger charge is 2.26. The van der Waals surface area contributed by atoms with Gasteiger partial charge in [-0.25, -0.2) is 0 Å². The van der Waals surface area contributed by atoms with Gasteiger partial charge in [0.05, 0.1) is 9.75 Å². The number of hydrogen-bond acceptors (Lipinski definition) is 4. The zero-order chi connectivity index (χ0) is 17.4. The van der Waals surface area contributed by atoms with E-state index in [1.165, 1.54) is 22.7 Å². The Morgan fingerprint density at radius 1 is 1.12 bits per heavy atom. The third-order valence-corrected chi connectivity index (χ3v) is 6.07. The van der Waals surface area contributed by atoms with Crippen LogP contribution in [0, 0.1) is 6.92 Å². The molecule has 0 radical (unpaired) electrons. The van der Waals surface area contributed by atoms with E-state index in [2.05, 4.69) is 5.32 Å². The number of thiophene rings is 2. The van der Waals surface area contributed by atoms with Crippen LogP contribution in [0.1, 0.15) is 30.5 Å². The van der Waals surface area contributed by atoms with Gasteiger partial charge in [0.1, 0.15) is 0 Å². The number of nitrogens with one attached hydrogen (secondary N) is 1. The van der Waals surface area contributed by atoms with Crippen molar-refractivity contribution in [2.24, 2.45) is 0 Å². The molecule has 0 saturated carbocycles. The standard InChI is InChI=1S/C19H16N2O2S2/c1-12-9-17(25-11-12)18(22)20-14-5-4-13-6-7-21(15(13)10-14)19(23)16-3-2-8-24-16/h2-5,8-11H,6-7H2,1H3,(H,20,22). The van der Waals surface area contributed by atoms with E-state index in [0.29, 0.717) is 17.1 Å². The first-order chi connectivity index (χ1) is 12.1. The van der Waals surface area contributed by atoms with Crippen LogP contribution < -0.4 is 10.2 Å². The molecule has 2 aromatic heterocycles. The van der Waals surface area contributed by atoms with E-state index >= 15 is 0 Å². The average molecular weight is 368 g/mol. The van der Waals surface area contributed by atoms with E-state index in [-0.39, 0.29) is 11.8 Å². The topological polar surface area (TPSA) is 49.4 Å². The van der Waals surface area contributed by atoms with Crippen LogP contribution in [0.3, 0.4) is 0 Å². The third-order valence-electron chi connectivity index (χ3n) is 4.17. The van der Waals surface area contributed by atoms with Gasteiger partial charge in [-0.05, 0) is 59.5 Å². The van der Waals surface area contributed by atoms with E-state index < -0.39 is 0 Å². The monoisotopic (exact) mass is 368 g/mol. The Hall–Kier alpha value is -2.44. The molecular weight excluding hydrogens is 352 g/mol. The Kier molecular flexibility index (Phi) is 4.15. The summed E-state index contributed by atoms with van der Waals surface area (Å²) in [5.74, 6) is -0.0988. The van der Waals surface area contributed by atoms with Crippen LogP contribution in [0.5, 0.6) is 0 Å². The van der Waals surface area contributed by atoms with Gasteiger partial charge in [0.25, 0.3) is 11.8 Å². The maximum Gasteiger partial charge on any atom is 0.268 e. The Morgan fingerprint density at radius 3 is 2.72 bits per heavy atom. The summed E-state index contributed by atoms with van der Waals surface area (Å²) in [6.07, 6.45) is 0.838. The van der Waals surface area contributed by atoms with Crippen molar-refractivity contribution >= 4 is 45.9 Å². The number of carbonyl (C=O) groups excluding carboxylic acids is 2. The zero-order valence-corrected chi connectivity index (χ0v) is 15.2. The van der Waals surface area contributed by atoms with Gasteiger partial charge in [-0.3, -0.25) is 9.59 Å². The molecule has 0 spiro atoms. The van der Waals surface area contributed by atoms with Gasteiger partial charge in [0.2, 0.25) is 0 Å². The Bertz CT molecular complexity index is 944. The lowest BCUT2D eigenvalue weighted by molar-refractivity contribution is 0.0992. The maximum atomic E-state index is 12.7. The van der Waals surface area contributed by atoms with E-state index in [9.17, 15) is 9.59 Å². The van der Waals surface area contributed by atoms with Crippen LogP contribution in [0.2, 0.25) is 0 Å². The molecule has 6 heteroatoms. The summed E-state index contributed by atoms with van der Waals surface area (Å²) in [6, 6.07) is 11.4. The fourth-order valence-corrected chi connectivity index (χ4v) is 4.41. The minimum atomic E-state index is -0.118. The number of amides is 2. The van der Waals surface area contributed by atoms with Crippen molar-refractivity contribution in [3.8, 4) is 0 Å². The molecular formula is C19H16N2O2S2. The molecule has 1 aliphatic rings. The van der Waals surface area contributed by atoms with Crippen LogP contribution >= 0.6 is 22.7 Å². The molecule has 1 N–H and O–H groups in total. The largest absolute Gasteiger partial charge is 0.321 e. The quantitative estimate of drug-likeness (QED) is 0.736. The van der Waals surface area contributed by atoms with Gasteiger partial charge < -0.3 is 10.2 Å². The minimum absolute atomic E-state index is 0.0195. The van der Waals surface area contributed by atoms with E-state index in [0.717, 1.165) is 28.1 Å². The normalized spacial score (nSPS) is 12.9. The summed E-state index contributed by atoms with van der Waals surface area (Å²) in [7, 11) is 0. The number of benzene rings is 1. The molecule has 3 heterocycles. The predicted octanol–water partition coefficient (Wildman–Crippen LogP) is 4.57. The first kappa shape index (κ1) is 16.1. The van der Waals surface area contributed by atoms with Crippen LogP contribution in [0.4, 0.5) is 11.4 Å². The summed E-state index contributed by atoms with van der Waals surface area (Å²) in [4.78, 5) is 28.2. The molecule has 126 valence electrons. The van der Waals surface area contributed by atoms with Crippen molar-refractivity contribution in [2.45, 2.75) is 13.3 Å². The third kappa shape index (κ3) is 3.10. The van der Waals surface area contributed by atoms with Crippen LogP contribution in [0.15, 0.2) is 47.2 Å². The highest BCUT2D eigenvalue weighted by atomic mass is 32.1. The van der Waals surface area contributed by atoms with Gasteiger partial charge >= 0.3 is 0 Å². The molecule has 2 amide bonds. The lowest BCUT2D eigenvalue weighted by atomic mass is 10.1. The molecule has 0 aliphatic carbocycles. The Balaban J connectivity index is 1.58. The zero-order valence-electron chi connectivity index (χ0n) is 13.6. The number of aryl methyl sites for hydroxylation is 1. The van der Waals surface area contributed by atoms with Crippen molar-refractivity contribution in [2.75, 3.05) is 16.8 Å². The number of carbonyl (C=O) groups is 2. The number of nitrogens with zero attached hydrogens (tertiary/aromatic N) is 1. The Labute approximate surface area is 153 Å². The lowest BCUT2D eigenvalue weighted by Gasteiger charge is -2.17. The molecule has 4 rings (SSSR count). The van der Waals surface area contributed by atoms with Gasteiger partial charge in [-0.1, -0.05) is 12.1 Å². The lowest BCUT2D eigenvalue weighted by Crippen LogP contribution is -2.28. The average Bonchev–Trinajstić information content (AvgIpc) is 3.34. The summed E-state index contributed by atoms with van der Waals surface area (Å²) >= 11 is 2.88. The summed E-state index contributed by atoms with van der Waals surface area (Å²) < 4.78 is 0. The molecule has 1 aromatic carbocycles. The van der Waals surface area contributed by atoms with Crippen LogP contribution in [-0.4, -0.2) is 18.4 Å². The van der Waals surface area contributed by atoms with Gasteiger partial charge in [0.15, 0.2) is 0 Å². The Morgan fingerprint density at radius 2 is 2.00 bits per heavy atom. The molecule has 0 atom stereocenters. The molecule has 25 heavy (non-hydrogen) atoms. The van der Waals surface area contributed by atoms with E-state index in [4.69, 9.17) is 0 Å². The first-order valence-corrected chi connectivity index (χ1v) is 9.72. The first-order valence-electron chi connectivity index (χ1n) is 7.96. The van der Waals surface area contributed by atoms with Gasteiger partial charge in [-0.2, -0.15) is 0 Å². The smallest absolute Gasteiger partial charge is 0.268 e. The summed E-state index contributed by atoms with van der Waals surface area (Å²) in [6.45, 7) is 2.64. The molecule has 1 aliphatic heterocycles. The van der Waals surface area contributed by atoms with E-state index in [1.54, 1.807) is 4.90 Å². The number of fused-ring (bicyclic) bond motifs is 1. The summed E-state index contributed by atoms with van der Waals surface area (Å²) in [5.41, 5.74) is 3.81. The SMILES string of the molecule is Cc1csc(C(=O)Nc2ccc3c(c2)N(C(=O)c2cccs2)CC3)c1. The predicted molar refractivity (Wildman–Crippen MR) is 103 cm³/mol. The van der Waals surface area contributed by atoms with Crippen molar-refractivity contribution in [1.29, 1.82) is 0 Å². The maximum absolute atomic E-state index is 12.7. The van der Waals surface area contributed by atoms with Crippen molar-refractivity contribution < 1.29 is 9.59 Å². The highest BCUT2D eigenvalue weighted by Crippen LogP contribution is 2.33. The van der Waals surface area contributed by atoms with E-state index in [1.807, 2.05) is 54.1 Å². The number of hydrogen-bond donors (Lipinski definition) is 1. The van der Waals surface area contributed by atoms with Crippen molar-refractivity contribution in [3.05, 3.63) is 68.0 Å². The second-order valence-corrected chi connectivity index (χ2v) is 7.83. The van der Waals surface area contributed by atoms with Crippen LogP contribution in [0.25, 0.3) is 0 Å². The van der Waals surface area contributed by atoms with Gasteiger partial charge in [0, 0.05) is 17.9 Å². The molecule has 0 unspecified atom stereocenters. The van der Waals surface area contributed by atoms with Crippen molar-refractivity contribution in [3.63, 3.8) is 0 Å². The number of anilines is 2. The number of rotatable bonds is 3. The fraction of sp³-hybridized carbons (Fsp3) is 0.158. The van der Waals surface area contributed by atoms with Crippen molar-refractivity contribution in [1.82, 2.24) is 0 Å². The molecule has 4 nitrogen and oxygen atoms in total. The van der Waals surface area contributed by atoms with Crippen LogP contribution in [-0.2, 0) is 6.42 Å². The molecule has 0 saturated heterocycles. The fourth-order valence-electron chi connectivity index (χ4n) is 2.94. The second kappa shape index (κ2) is 6.46. The van der Waals surface area contributed by atoms with Gasteiger partial charge in [-0.15, -0.1) is 22.7 Å². The highest BCUT2D eigenvalue weighted by molar-refractivity contribution is 7.12.